The lowest BCUT2D eigenvalue weighted by atomic mass is 10.1. The maximum Gasteiger partial charge on any atom is 0.340 e. The summed E-state index contributed by atoms with van der Waals surface area (Å²) in [4.78, 5) is 25.0. The van der Waals surface area contributed by atoms with Gasteiger partial charge >= 0.3 is 5.97 Å². The van der Waals surface area contributed by atoms with Crippen molar-refractivity contribution in [2.24, 2.45) is 0 Å². The third kappa shape index (κ3) is 4.08. The van der Waals surface area contributed by atoms with Gasteiger partial charge in [0.15, 0.2) is 17.2 Å². The third-order valence-corrected chi connectivity index (χ3v) is 5.08. The monoisotopic (exact) mass is 432 g/mol. The fourth-order valence-electron chi connectivity index (χ4n) is 2.70. The number of nitrogens with one attached hydrogen (secondary N) is 1. The Morgan fingerprint density at radius 1 is 1.10 bits per heavy atom. The zero-order valence-corrected chi connectivity index (χ0v) is 17.9. The summed E-state index contributed by atoms with van der Waals surface area (Å²) in [6.07, 6.45) is 0. The average molecular weight is 432 g/mol. The SMILES string of the molecule is COC(=O)c1cc(OC)c(OC)cc1NC(=O)c1nnn(Cc2nsnc2C)c1C. The van der Waals surface area contributed by atoms with Crippen molar-refractivity contribution in [1.29, 1.82) is 0 Å². The number of hydrogen-bond acceptors (Lipinski definition) is 10. The van der Waals surface area contributed by atoms with E-state index in [-0.39, 0.29) is 16.9 Å². The molecule has 3 aromatic rings. The van der Waals surface area contributed by atoms with Gasteiger partial charge in [0.1, 0.15) is 0 Å². The van der Waals surface area contributed by atoms with Crippen molar-refractivity contribution in [2.45, 2.75) is 20.4 Å². The Hall–Kier alpha value is -3.54. The molecule has 1 amide bonds. The number of nitrogens with zero attached hydrogens (tertiary/aromatic N) is 5. The first-order valence-electron chi connectivity index (χ1n) is 8.73. The van der Waals surface area contributed by atoms with Gasteiger partial charge in [-0.2, -0.15) is 8.75 Å². The van der Waals surface area contributed by atoms with Gasteiger partial charge in [0, 0.05) is 12.1 Å². The molecule has 2 aromatic heterocycles. The van der Waals surface area contributed by atoms with Crippen molar-refractivity contribution < 1.29 is 23.8 Å². The summed E-state index contributed by atoms with van der Waals surface area (Å²) >= 11 is 1.11. The lowest BCUT2D eigenvalue weighted by Gasteiger charge is -2.14. The largest absolute Gasteiger partial charge is 0.493 e. The van der Waals surface area contributed by atoms with Gasteiger partial charge in [-0.1, -0.05) is 5.21 Å². The van der Waals surface area contributed by atoms with Gasteiger partial charge in [0.2, 0.25) is 0 Å². The van der Waals surface area contributed by atoms with E-state index in [1.54, 1.807) is 11.6 Å². The van der Waals surface area contributed by atoms with Crippen molar-refractivity contribution in [1.82, 2.24) is 23.7 Å². The van der Waals surface area contributed by atoms with Crippen LogP contribution in [0.3, 0.4) is 0 Å². The molecule has 0 unspecified atom stereocenters. The number of aryl methyl sites for hydroxylation is 1. The van der Waals surface area contributed by atoms with Crippen molar-refractivity contribution in [3.05, 3.63) is 40.5 Å². The summed E-state index contributed by atoms with van der Waals surface area (Å²) in [6, 6.07) is 2.91. The molecule has 0 bridgehead atoms. The third-order valence-electron chi connectivity index (χ3n) is 4.42. The van der Waals surface area contributed by atoms with Gasteiger partial charge in [0.05, 0.1) is 67.9 Å². The minimum atomic E-state index is -0.641. The first-order chi connectivity index (χ1) is 14.4. The van der Waals surface area contributed by atoms with E-state index < -0.39 is 11.9 Å². The molecule has 12 heteroatoms. The lowest BCUT2D eigenvalue weighted by molar-refractivity contribution is 0.0601. The number of amides is 1. The molecule has 0 aliphatic carbocycles. The molecule has 3 rings (SSSR count). The Bertz CT molecular complexity index is 1090. The van der Waals surface area contributed by atoms with E-state index in [2.05, 4.69) is 24.4 Å². The van der Waals surface area contributed by atoms with Crippen LogP contribution in [0, 0.1) is 13.8 Å². The van der Waals surface area contributed by atoms with Crippen LogP contribution >= 0.6 is 11.7 Å². The van der Waals surface area contributed by atoms with E-state index in [1.807, 2.05) is 6.92 Å². The molecule has 11 nitrogen and oxygen atoms in total. The van der Waals surface area contributed by atoms with Crippen molar-refractivity contribution >= 4 is 29.3 Å². The van der Waals surface area contributed by atoms with E-state index in [0.717, 1.165) is 23.1 Å². The predicted molar refractivity (Wildman–Crippen MR) is 107 cm³/mol. The van der Waals surface area contributed by atoms with Gasteiger partial charge in [-0.25, -0.2) is 9.48 Å². The molecule has 30 heavy (non-hydrogen) atoms. The summed E-state index contributed by atoms with van der Waals surface area (Å²) in [5.74, 6) is -0.514. The van der Waals surface area contributed by atoms with E-state index in [9.17, 15) is 9.59 Å². The smallest absolute Gasteiger partial charge is 0.340 e. The molecule has 0 radical (unpaired) electrons. The number of carbonyl (C=O) groups excluding carboxylic acids is 2. The number of anilines is 1. The van der Waals surface area contributed by atoms with Crippen LogP contribution in [0.15, 0.2) is 12.1 Å². The second-order valence-electron chi connectivity index (χ2n) is 6.18. The summed E-state index contributed by atoms with van der Waals surface area (Å²) in [7, 11) is 4.14. The molecular weight excluding hydrogens is 412 g/mol. The standard InChI is InChI=1S/C18H20N6O5S/c1-9-13(22-30-21-9)8-24-10(2)16(20-23-24)17(25)19-12-7-15(28-4)14(27-3)6-11(12)18(26)29-5/h6-7H,8H2,1-5H3,(H,19,25). The summed E-state index contributed by atoms with van der Waals surface area (Å²) < 4.78 is 25.2. The van der Waals surface area contributed by atoms with Crippen LogP contribution in [-0.4, -0.2) is 56.9 Å². The molecule has 0 saturated heterocycles. The number of ether oxygens (including phenoxy) is 3. The fraction of sp³-hybridized carbons (Fsp3) is 0.333. The van der Waals surface area contributed by atoms with Gasteiger partial charge in [-0.05, 0) is 13.8 Å². The highest BCUT2D eigenvalue weighted by Crippen LogP contribution is 2.34. The summed E-state index contributed by atoms with van der Waals surface area (Å²) in [5, 5.41) is 10.7. The van der Waals surface area contributed by atoms with Crippen molar-refractivity contribution in [3.63, 3.8) is 0 Å². The summed E-state index contributed by atoms with van der Waals surface area (Å²) in [5.41, 5.74) is 2.51. The number of carbonyl (C=O) groups is 2. The highest BCUT2D eigenvalue weighted by molar-refractivity contribution is 6.99. The molecule has 0 aliphatic heterocycles. The summed E-state index contributed by atoms with van der Waals surface area (Å²) in [6.45, 7) is 3.92. The number of aromatic nitrogens is 5. The van der Waals surface area contributed by atoms with Gasteiger partial charge < -0.3 is 19.5 Å². The lowest BCUT2D eigenvalue weighted by Crippen LogP contribution is -2.17. The van der Waals surface area contributed by atoms with Crippen LogP contribution in [0.1, 0.15) is 37.9 Å². The molecule has 0 fully saturated rings. The van der Waals surface area contributed by atoms with Crippen LogP contribution < -0.4 is 14.8 Å². The average Bonchev–Trinajstić information content (AvgIpc) is 3.32. The highest BCUT2D eigenvalue weighted by atomic mass is 32.1. The Morgan fingerprint density at radius 2 is 1.80 bits per heavy atom. The van der Waals surface area contributed by atoms with Gasteiger partial charge in [0.25, 0.3) is 5.91 Å². The van der Waals surface area contributed by atoms with Crippen LogP contribution in [0.25, 0.3) is 0 Å². The first-order valence-corrected chi connectivity index (χ1v) is 9.46. The Kier molecular flexibility index (Phi) is 6.26. The molecular formula is C18H20N6O5S. The first kappa shape index (κ1) is 21.2. The molecule has 0 aliphatic rings. The van der Waals surface area contributed by atoms with Crippen LogP contribution in [0.5, 0.6) is 11.5 Å². The predicted octanol–water partition coefficient (Wildman–Crippen LogP) is 1.85. The number of rotatable bonds is 7. The number of esters is 1. The molecule has 0 saturated carbocycles. The van der Waals surface area contributed by atoms with Crippen LogP contribution in [0.2, 0.25) is 0 Å². The minimum absolute atomic E-state index is 0.109. The second-order valence-corrected chi connectivity index (χ2v) is 6.70. The number of benzene rings is 1. The fourth-order valence-corrected chi connectivity index (χ4v) is 3.25. The Labute approximate surface area is 176 Å². The zero-order chi connectivity index (χ0) is 21.8. The Morgan fingerprint density at radius 3 is 2.40 bits per heavy atom. The molecule has 0 atom stereocenters. The zero-order valence-electron chi connectivity index (χ0n) is 17.0. The van der Waals surface area contributed by atoms with Crippen LogP contribution in [0.4, 0.5) is 5.69 Å². The molecule has 2 heterocycles. The normalized spacial score (nSPS) is 10.6. The van der Waals surface area contributed by atoms with Crippen molar-refractivity contribution in [3.8, 4) is 11.5 Å². The molecule has 1 N–H and O–H groups in total. The van der Waals surface area contributed by atoms with Crippen LogP contribution in [-0.2, 0) is 11.3 Å². The van der Waals surface area contributed by atoms with Gasteiger partial charge in [-0.15, -0.1) is 5.10 Å². The number of hydrogen-bond donors (Lipinski definition) is 1. The quantitative estimate of drug-likeness (QED) is 0.556. The van der Waals surface area contributed by atoms with E-state index >= 15 is 0 Å². The topological polar surface area (TPSA) is 130 Å². The van der Waals surface area contributed by atoms with E-state index in [4.69, 9.17) is 14.2 Å². The molecule has 1 aromatic carbocycles. The maximum atomic E-state index is 12.9. The van der Waals surface area contributed by atoms with Crippen molar-refractivity contribution in [2.75, 3.05) is 26.6 Å². The maximum absolute atomic E-state index is 12.9. The minimum Gasteiger partial charge on any atom is -0.493 e. The van der Waals surface area contributed by atoms with E-state index in [0.29, 0.717) is 23.7 Å². The second kappa shape index (κ2) is 8.86. The highest BCUT2D eigenvalue weighted by Gasteiger charge is 2.23. The van der Waals surface area contributed by atoms with Gasteiger partial charge in [-0.3, -0.25) is 4.79 Å². The number of methoxy groups -OCH3 is 3. The molecule has 0 spiro atoms. The Balaban J connectivity index is 1.90. The van der Waals surface area contributed by atoms with E-state index in [1.165, 1.54) is 33.5 Å². The molecule has 158 valence electrons.